The summed E-state index contributed by atoms with van der Waals surface area (Å²) in [7, 11) is 0. The summed E-state index contributed by atoms with van der Waals surface area (Å²) in [6, 6.07) is 86.5. The molecular formula is C67H46N2. The van der Waals surface area contributed by atoms with Gasteiger partial charge in [0, 0.05) is 39.6 Å². The molecule has 0 saturated carbocycles. The van der Waals surface area contributed by atoms with Gasteiger partial charge in [-0.05, 0) is 127 Å². The average Bonchev–Trinajstić information content (AvgIpc) is 3.96. The highest BCUT2D eigenvalue weighted by Gasteiger charge is 2.52. The molecule has 2 heteroatoms. The van der Waals surface area contributed by atoms with Gasteiger partial charge < -0.3 is 9.80 Å². The van der Waals surface area contributed by atoms with Gasteiger partial charge in [0.05, 0.1) is 18.0 Å². The zero-order valence-corrected chi connectivity index (χ0v) is 37.6. The van der Waals surface area contributed by atoms with Crippen LogP contribution in [0.2, 0.25) is 0 Å². The van der Waals surface area contributed by atoms with Gasteiger partial charge in [-0.1, -0.05) is 218 Å². The molecule has 2 nitrogen and oxygen atoms in total. The van der Waals surface area contributed by atoms with Gasteiger partial charge in [0.25, 0.3) is 0 Å². The number of benzene rings is 11. The molecule has 1 spiro atoms. The molecule has 13 rings (SSSR count). The van der Waals surface area contributed by atoms with Crippen LogP contribution in [0.15, 0.2) is 279 Å². The predicted molar refractivity (Wildman–Crippen MR) is 288 cm³/mol. The quantitative estimate of drug-likeness (QED) is 0.142. The van der Waals surface area contributed by atoms with Crippen molar-refractivity contribution >= 4 is 34.1 Å². The summed E-state index contributed by atoms with van der Waals surface area (Å²) in [5.74, 6) is 0. The topological polar surface area (TPSA) is 6.48 Å². The minimum atomic E-state index is -0.708. The van der Waals surface area contributed by atoms with E-state index in [-0.39, 0.29) is 29.7 Å². The Bertz CT molecular complexity index is 3820. The van der Waals surface area contributed by atoms with Crippen LogP contribution in [0.4, 0.5) is 34.1 Å². The lowest BCUT2D eigenvalue weighted by Crippen LogP contribution is -2.26. The van der Waals surface area contributed by atoms with E-state index in [2.05, 4.69) is 222 Å². The third-order valence-corrected chi connectivity index (χ3v) is 13.9. The molecule has 1 atom stereocenters. The number of para-hydroxylation sites is 3. The van der Waals surface area contributed by atoms with Crippen molar-refractivity contribution in [2.75, 3.05) is 9.80 Å². The van der Waals surface area contributed by atoms with Gasteiger partial charge in [0.2, 0.25) is 0 Å². The molecule has 69 heavy (non-hydrogen) atoms. The molecule has 1 unspecified atom stereocenters. The smallest absolute Gasteiger partial charge is 0.0727 e. The first kappa shape index (κ1) is 35.2. The molecule has 11 aromatic carbocycles. The molecule has 2 aliphatic rings. The first-order valence-electron chi connectivity index (χ1n) is 25.9. The fourth-order valence-corrected chi connectivity index (χ4v) is 11.1. The largest absolute Gasteiger partial charge is 0.310 e. The molecule has 0 amide bonds. The van der Waals surface area contributed by atoms with Gasteiger partial charge >= 0.3 is 0 Å². The molecule has 2 aliphatic carbocycles. The highest BCUT2D eigenvalue weighted by atomic mass is 15.2. The highest BCUT2D eigenvalue weighted by Crippen LogP contribution is 2.64. The van der Waals surface area contributed by atoms with Gasteiger partial charge in [-0.2, -0.15) is 0 Å². The summed E-state index contributed by atoms with van der Waals surface area (Å²) < 4.78 is 43.0. The van der Waals surface area contributed by atoms with Gasteiger partial charge in [-0.3, -0.25) is 0 Å². The maximum absolute atomic E-state index is 8.87. The lowest BCUT2D eigenvalue weighted by molar-refractivity contribution is 0.793. The Hall–Kier alpha value is -8.98. The van der Waals surface area contributed by atoms with Crippen molar-refractivity contribution in [1.29, 1.82) is 0 Å². The van der Waals surface area contributed by atoms with Crippen LogP contribution in [-0.2, 0) is 5.41 Å². The molecule has 0 bridgehead atoms. The second kappa shape index (κ2) is 16.7. The summed E-state index contributed by atoms with van der Waals surface area (Å²) in [4.78, 5) is 4.69. The minimum absolute atomic E-state index is 0.164. The van der Waals surface area contributed by atoms with Gasteiger partial charge in [0.15, 0.2) is 0 Å². The Morgan fingerprint density at radius 1 is 0.261 bits per heavy atom. The number of nitrogens with zero attached hydrogens (tertiary/aromatic N) is 2. The maximum atomic E-state index is 8.87. The normalized spacial score (nSPS) is 14.9. The number of anilines is 6. The van der Waals surface area contributed by atoms with E-state index in [0.717, 1.165) is 61.9 Å². The van der Waals surface area contributed by atoms with Crippen molar-refractivity contribution in [3.63, 3.8) is 0 Å². The molecule has 0 fully saturated rings. The van der Waals surface area contributed by atoms with Crippen LogP contribution in [0, 0.1) is 0 Å². The number of hydrogen-bond donors (Lipinski definition) is 0. The molecule has 0 saturated heterocycles. The molecule has 0 aliphatic heterocycles. The van der Waals surface area contributed by atoms with Crippen molar-refractivity contribution in [2.45, 2.75) is 5.41 Å². The third kappa shape index (κ3) is 6.56. The molecule has 324 valence electrons. The van der Waals surface area contributed by atoms with Crippen LogP contribution in [0.25, 0.3) is 55.6 Å². The Morgan fingerprint density at radius 3 is 1.16 bits per heavy atom. The van der Waals surface area contributed by atoms with Crippen LogP contribution in [0.3, 0.4) is 0 Å². The number of rotatable bonds is 9. The second-order valence-corrected chi connectivity index (χ2v) is 17.6. The number of hydrogen-bond acceptors (Lipinski definition) is 2. The standard InChI is InChI=1S/C67H46N2/c1-6-21-47(22-7-1)48-37-39-53(40-38-48)69(66-56(49-23-8-2-9-24-49)33-20-34-57(66)50-25-10-3-11-26-50)55-42-44-61-59-32-17-19-36-63(59)67(65(61)46-55)62-35-18-16-31-58(62)60-43-41-54(45-64(60)67)68(51-27-12-4-13-28-51)52-29-14-5-15-30-52/h1-46H/i1D,6D,7D,21D,22D. The van der Waals surface area contributed by atoms with E-state index < -0.39 is 11.5 Å². The Kier molecular flexibility index (Phi) is 8.54. The summed E-state index contributed by atoms with van der Waals surface area (Å²) in [6.45, 7) is 0. The van der Waals surface area contributed by atoms with Crippen LogP contribution in [0.5, 0.6) is 0 Å². The van der Waals surface area contributed by atoms with E-state index in [9.17, 15) is 0 Å². The Labute approximate surface area is 411 Å². The molecular weight excluding hydrogens is 833 g/mol. The number of fused-ring (bicyclic) bond motifs is 10. The second-order valence-electron chi connectivity index (χ2n) is 17.6. The van der Waals surface area contributed by atoms with E-state index in [1.54, 1.807) is 0 Å². The zero-order valence-electron chi connectivity index (χ0n) is 42.6. The first-order chi connectivity index (χ1) is 36.3. The minimum Gasteiger partial charge on any atom is -0.310 e. The zero-order chi connectivity index (χ0) is 50.1. The Morgan fingerprint density at radius 2 is 0.652 bits per heavy atom. The molecule has 0 radical (unpaired) electrons. The molecule has 11 aromatic rings. The van der Waals surface area contributed by atoms with Gasteiger partial charge in [0.1, 0.15) is 0 Å². The lowest BCUT2D eigenvalue weighted by Gasteiger charge is -2.34. The van der Waals surface area contributed by atoms with Crippen molar-refractivity contribution in [3.05, 3.63) is 301 Å². The van der Waals surface area contributed by atoms with Crippen LogP contribution >= 0.6 is 0 Å². The first-order valence-corrected chi connectivity index (χ1v) is 23.4. The highest BCUT2D eigenvalue weighted by molar-refractivity contribution is 6.01. The molecule has 0 aromatic heterocycles. The van der Waals surface area contributed by atoms with Crippen LogP contribution < -0.4 is 9.80 Å². The summed E-state index contributed by atoms with van der Waals surface area (Å²) in [6.07, 6.45) is 0. The van der Waals surface area contributed by atoms with E-state index in [1.165, 1.54) is 38.9 Å². The van der Waals surface area contributed by atoms with Crippen molar-refractivity contribution in [3.8, 4) is 55.6 Å². The summed E-state index contributed by atoms with van der Waals surface area (Å²) in [5, 5.41) is 0. The fraction of sp³-hybridized carbons (Fsp3) is 0.0149. The molecule has 0 N–H and O–H groups in total. The average molecular weight is 884 g/mol. The molecule has 0 heterocycles. The van der Waals surface area contributed by atoms with Crippen molar-refractivity contribution in [2.24, 2.45) is 0 Å². The monoisotopic (exact) mass is 883 g/mol. The third-order valence-electron chi connectivity index (χ3n) is 13.9. The van der Waals surface area contributed by atoms with Gasteiger partial charge in [-0.25, -0.2) is 0 Å². The maximum Gasteiger partial charge on any atom is 0.0727 e. The van der Waals surface area contributed by atoms with Crippen molar-refractivity contribution in [1.82, 2.24) is 0 Å². The van der Waals surface area contributed by atoms with Crippen LogP contribution in [-0.4, -0.2) is 0 Å². The van der Waals surface area contributed by atoms with E-state index in [0.29, 0.717) is 5.56 Å². The van der Waals surface area contributed by atoms with E-state index in [4.69, 9.17) is 6.85 Å². The van der Waals surface area contributed by atoms with Crippen molar-refractivity contribution < 1.29 is 6.85 Å². The van der Waals surface area contributed by atoms with E-state index >= 15 is 0 Å². The SMILES string of the molecule is [2H]c1c([2H])c([2H])c(-c2ccc(N(c3ccc4c(c3)C3(c5ccccc5-c5ccc(N(c6ccccc6)c6ccccc6)cc53)c3ccccc3-4)c3c(-c4ccccc4)cccc3-c3ccccc3)cc2)c([2H])c1[2H]. The fourth-order valence-electron chi connectivity index (χ4n) is 11.1. The lowest BCUT2D eigenvalue weighted by atomic mass is 9.70. The van der Waals surface area contributed by atoms with Gasteiger partial charge in [-0.15, -0.1) is 0 Å². The van der Waals surface area contributed by atoms with Crippen LogP contribution in [0.1, 0.15) is 29.1 Å². The summed E-state index contributed by atoms with van der Waals surface area (Å²) in [5.41, 5.74) is 19.7. The summed E-state index contributed by atoms with van der Waals surface area (Å²) >= 11 is 0. The predicted octanol–water partition coefficient (Wildman–Crippen LogP) is 18.0. The Balaban J connectivity index is 1.09. The van der Waals surface area contributed by atoms with E-state index in [1.807, 2.05) is 36.4 Å².